The maximum atomic E-state index is 12.7. The average Bonchev–Trinajstić information content (AvgIpc) is 2.67. The number of nitrogens with zero attached hydrogens (tertiary/aromatic N) is 1. The molecule has 0 saturated heterocycles. The normalized spacial score (nSPS) is 12.6. The Morgan fingerprint density at radius 3 is 2.25 bits per heavy atom. The lowest BCUT2D eigenvalue weighted by atomic mass is 9.76. The molecule has 9 heteroatoms. The average molecular weight is 404 g/mol. The van der Waals surface area contributed by atoms with Gasteiger partial charge in [-0.25, -0.2) is 8.42 Å². The summed E-state index contributed by atoms with van der Waals surface area (Å²) in [5.41, 5.74) is 1.90. The Balaban J connectivity index is 2.07. The van der Waals surface area contributed by atoms with Crippen molar-refractivity contribution in [2.45, 2.75) is 31.1 Å². The topological polar surface area (TPSA) is 107 Å². The van der Waals surface area contributed by atoms with Gasteiger partial charge in [0.2, 0.25) is 15.9 Å². The molecule has 150 valence electrons. The summed E-state index contributed by atoms with van der Waals surface area (Å²) in [5, 5.41) is 21.8. The predicted molar refractivity (Wildman–Crippen MR) is 108 cm³/mol. The van der Waals surface area contributed by atoms with Crippen LogP contribution in [-0.4, -0.2) is 54.8 Å². The molecule has 0 fully saturated rings. The number of likely N-dealkylation sites (N-methyl/N-ethyl adjacent to an activating group) is 1. The van der Waals surface area contributed by atoms with Gasteiger partial charge in [0.25, 0.3) is 0 Å². The second kappa shape index (κ2) is 9.84. The molecule has 0 aliphatic heterocycles. The largest absolute Gasteiger partial charge is 0.475 e. The number of hydrogen-bond acceptors (Lipinski definition) is 5. The van der Waals surface area contributed by atoms with Crippen LogP contribution in [0, 0.1) is 6.92 Å². The second-order valence-corrected chi connectivity index (χ2v) is 8.46. The Labute approximate surface area is 166 Å². The molecule has 3 N–H and O–H groups in total. The van der Waals surface area contributed by atoms with Crippen molar-refractivity contribution in [3.05, 3.63) is 65.7 Å². The van der Waals surface area contributed by atoms with E-state index in [0.29, 0.717) is 0 Å². The summed E-state index contributed by atoms with van der Waals surface area (Å²) in [6.45, 7) is 3.27. The first-order chi connectivity index (χ1) is 13.2. The van der Waals surface area contributed by atoms with Crippen molar-refractivity contribution in [1.29, 1.82) is 0 Å². The zero-order valence-corrected chi connectivity index (χ0v) is 16.8. The highest BCUT2D eigenvalue weighted by Gasteiger charge is 2.29. The molecule has 0 aromatic heterocycles. The molecule has 0 aliphatic carbocycles. The van der Waals surface area contributed by atoms with Crippen molar-refractivity contribution >= 4 is 23.0 Å². The minimum absolute atomic E-state index is 0.100. The van der Waals surface area contributed by atoms with E-state index in [9.17, 15) is 23.3 Å². The summed E-state index contributed by atoms with van der Waals surface area (Å²) in [4.78, 5) is 12.5. The first-order valence-corrected chi connectivity index (χ1v) is 10.4. The monoisotopic (exact) mass is 404 g/mol. The van der Waals surface area contributed by atoms with Crippen LogP contribution in [0.5, 0.6) is 0 Å². The fourth-order valence-corrected chi connectivity index (χ4v) is 4.16. The van der Waals surface area contributed by atoms with Gasteiger partial charge in [0.1, 0.15) is 0 Å². The van der Waals surface area contributed by atoms with Crippen LogP contribution >= 0.6 is 0 Å². The van der Waals surface area contributed by atoms with Gasteiger partial charge < -0.3 is 15.4 Å². The number of sulfonamides is 1. The summed E-state index contributed by atoms with van der Waals surface area (Å²) >= 11 is 0. The van der Waals surface area contributed by atoms with Crippen LogP contribution in [0.2, 0.25) is 0 Å². The lowest BCUT2D eigenvalue weighted by Gasteiger charge is -2.23. The van der Waals surface area contributed by atoms with E-state index in [0.717, 1.165) is 15.4 Å². The third-order valence-electron chi connectivity index (χ3n) is 4.34. The summed E-state index contributed by atoms with van der Waals surface area (Å²) in [5.74, 6) is -1.56. The zero-order valence-electron chi connectivity index (χ0n) is 15.9. The van der Waals surface area contributed by atoms with E-state index in [2.05, 4.69) is 5.32 Å². The van der Waals surface area contributed by atoms with Crippen molar-refractivity contribution in [2.75, 3.05) is 13.1 Å². The first-order valence-electron chi connectivity index (χ1n) is 9.00. The molecule has 1 amide bonds. The number of amides is 1. The van der Waals surface area contributed by atoms with E-state index < -0.39 is 35.5 Å². The molecule has 0 heterocycles. The lowest BCUT2D eigenvalue weighted by Crippen LogP contribution is -2.51. The van der Waals surface area contributed by atoms with Crippen molar-refractivity contribution in [2.24, 2.45) is 0 Å². The molecule has 0 saturated carbocycles. The number of carbonyl (C=O) groups is 1. The summed E-state index contributed by atoms with van der Waals surface area (Å²) in [6, 6.07) is 15.3. The van der Waals surface area contributed by atoms with Gasteiger partial charge in [-0.05, 0) is 31.0 Å². The van der Waals surface area contributed by atoms with Gasteiger partial charge in [-0.15, -0.1) is 0 Å². The number of hydrogen-bond donors (Lipinski definition) is 3. The van der Waals surface area contributed by atoms with Crippen LogP contribution in [0.3, 0.4) is 0 Å². The molecule has 2 aromatic carbocycles. The maximum Gasteiger partial charge on any atom is 0.475 e. The number of nitrogens with one attached hydrogen (secondary N) is 1. The maximum absolute atomic E-state index is 12.7. The van der Waals surface area contributed by atoms with Gasteiger partial charge in [0.15, 0.2) is 0 Å². The number of rotatable bonds is 9. The molecule has 0 aliphatic rings. The number of carbonyl (C=O) groups excluding carboxylic acids is 1. The Bertz CT molecular complexity index is 873. The number of aryl methyl sites for hydroxylation is 1. The van der Waals surface area contributed by atoms with E-state index in [4.69, 9.17) is 0 Å². The summed E-state index contributed by atoms with van der Waals surface area (Å²) < 4.78 is 26.4. The van der Waals surface area contributed by atoms with Crippen LogP contribution in [0.15, 0.2) is 59.5 Å². The minimum Gasteiger partial charge on any atom is -0.426 e. The Morgan fingerprint density at radius 1 is 1.11 bits per heavy atom. The smallest absolute Gasteiger partial charge is 0.426 e. The van der Waals surface area contributed by atoms with E-state index in [-0.39, 0.29) is 17.9 Å². The SMILES string of the molecule is CCN(CC(=O)NC(Cc1ccc(C)cc1)B(O)O)S(=O)(=O)c1ccccc1. The van der Waals surface area contributed by atoms with E-state index in [1.165, 1.54) is 12.1 Å². The van der Waals surface area contributed by atoms with Gasteiger partial charge >= 0.3 is 7.12 Å². The molecule has 28 heavy (non-hydrogen) atoms. The first kappa shape index (κ1) is 22.1. The Morgan fingerprint density at radius 2 is 1.71 bits per heavy atom. The van der Waals surface area contributed by atoms with Crippen molar-refractivity contribution in [1.82, 2.24) is 9.62 Å². The molecule has 1 atom stereocenters. The Hall–Kier alpha value is -2.20. The van der Waals surface area contributed by atoms with Gasteiger partial charge in [-0.3, -0.25) is 4.79 Å². The van der Waals surface area contributed by atoms with Crippen LogP contribution in [0.4, 0.5) is 0 Å². The second-order valence-electron chi connectivity index (χ2n) is 6.52. The quantitative estimate of drug-likeness (QED) is 0.535. The zero-order chi connectivity index (χ0) is 20.7. The van der Waals surface area contributed by atoms with E-state index >= 15 is 0 Å². The highest BCUT2D eigenvalue weighted by Crippen LogP contribution is 2.14. The summed E-state index contributed by atoms with van der Waals surface area (Å²) in [6.07, 6.45) is 0.210. The standard InChI is InChI=1S/C19H25BN2O5S/c1-3-22(28(26,27)17-7-5-4-6-8-17)14-19(23)21-18(20(24)25)13-16-11-9-15(2)10-12-16/h4-12,18,24-25H,3,13-14H2,1-2H3,(H,21,23). The summed E-state index contributed by atoms with van der Waals surface area (Å²) in [7, 11) is -5.59. The van der Waals surface area contributed by atoms with Gasteiger partial charge in [-0.2, -0.15) is 4.31 Å². The van der Waals surface area contributed by atoms with Gasteiger partial charge in [-0.1, -0.05) is 55.0 Å². The minimum atomic E-state index is -3.82. The van der Waals surface area contributed by atoms with Gasteiger partial charge in [0.05, 0.1) is 17.4 Å². The van der Waals surface area contributed by atoms with Crippen LogP contribution < -0.4 is 5.32 Å². The lowest BCUT2D eigenvalue weighted by molar-refractivity contribution is -0.121. The molecular formula is C19H25BN2O5S. The van der Waals surface area contributed by atoms with Gasteiger partial charge in [0, 0.05) is 6.54 Å². The number of benzene rings is 2. The molecule has 0 radical (unpaired) electrons. The van der Waals surface area contributed by atoms with Crippen molar-refractivity contribution in [3.63, 3.8) is 0 Å². The third-order valence-corrected chi connectivity index (χ3v) is 6.27. The van der Waals surface area contributed by atoms with Crippen LogP contribution in [0.25, 0.3) is 0 Å². The molecule has 2 rings (SSSR count). The highest BCUT2D eigenvalue weighted by atomic mass is 32.2. The highest BCUT2D eigenvalue weighted by molar-refractivity contribution is 7.89. The molecule has 1 unspecified atom stereocenters. The van der Waals surface area contributed by atoms with Crippen LogP contribution in [0.1, 0.15) is 18.1 Å². The van der Waals surface area contributed by atoms with Crippen LogP contribution in [-0.2, 0) is 21.2 Å². The molecule has 7 nitrogen and oxygen atoms in total. The predicted octanol–water partition coefficient (Wildman–Crippen LogP) is 0.745. The van der Waals surface area contributed by atoms with Crippen molar-refractivity contribution in [3.8, 4) is 0 Å². The third kappa shape index (κ3) is 5.90. The van der Waals surface area contributed by atoms with Crippen molar-refractivity contribution < 1.29 is 23.3 Å². The Kier molecular flexibility index (Phi) is 7.76. The molecule has 0 spiro atoms. The molecule has 2 aromatic rings. The molecule has 0 bridgehead atoms. The van der Waals surface area contributed by atoms with E-state index in [1.54, 1.807) is 25.1 Å². The van der Waals surface area contributed by atoms with E-state index in [1.807, 2.05) is 31.2 Å². The fourth-order valence-electron chi connectivity index (χ4n) is 2.73. The molecular weight excluding hydrogens is 379 g/mol. The fraction of sp³-hybridized carbons (Fsp3) is 0.316.